The molecule has 0 aliphatic rings. The molecule has 0 atom stereocenters. The molecule has 1 aromatic heterocycles. The molecule has 0 saturated heterocycles. The highest BCUT2D eigenvalue weighted by atomic mass is 16.3. The number of fused-ring (bicyclic) bond motifs is 3. The zero-order chi connectivity index (χ0) is 31.9. The van der Waals surface area contributed by atoms with Crippen LogP contribution in [0.25, 0.3) is 66.1 Å². The number of hydrogen-bond donors (Lipinski definition) is 0. The SMILES string of the molecule is c1ccc(-c2ccccc2N(c2ccc3ccccc3c2)c2ccc(-c3cccc(-c4cc5ccccc5o4)c3)c3ccccc23)cc1. The van der Waals surface area contributed by atoms with Gasteiger partial charge in [0.1, 0.15) is 11.3 Å². The summed E-state index contributed by atoms with van der Waals surface area (Å²) in [5.41, 5.74) is 10.0. The summed E-state index contributed by atoms with van der Waals surface area (Å²) in [6.07, 6.45) is 0. The monoisotopic (exact) mass is 613 g/mol. The quantitative estimate of drug-likeness (QED) is 0.185. The van der Waals surface area contributed by atoms with E-state index in [0.29, 0.717) is 0 Å². The Kier molecular flexibility index (Phi) is 6.84. The Morgan fingerprint density at radius 3 is 1.92 bits per heavy atom. The number of hydrogen-bond acceptors (Lipinski definition) is 2. The van der Waals surface area contributed by atoms with Gasteiger partial charge in [-0.25, -0.2) is 0 Å². The van der Waals surface area contributed by atoms with Crippen molar-refractivity contribution >= 4 is 49.6 Å². The second kappa shape index (κ2) is 11.8. The Morgan fingerprint density at radius 2 is 1.04 bits per heavy atom. The molecule has 0 radical (unpaired) electrons. The molecule has 9 rings (SSSR count). The van der Waals surface area contributed by atoms with Crippen molar-refractivity contribution in [2.75, 3.05) is 4.90 Å². The van der Waals surface area contributed by atoms with Crippen LogP contribution in [0.2, 0.25) is 0 Å². The number of anilines is 3. The maximum absolute atomic E-state index is 6.25. The van der Waals surface area contributed by atoms with Crippen molar-refractivity contribution in [3.8, 4) is 33.6 Å². The number of rotatable bonds is 6. The third-order valence-electron chi connectivity index (χ3n) is 9.25. The lowest BCUT2D eigenvalue weighted by Crippen LogP contribution is -2.12. The first-order chi connectivity index (χ1) is 23.8. The minimum absolute atomic E-state index is 0.874. The maximum atomic E-state index is 6.25. The zero-order valence-corrected chi connectivity index (χ0v) is 26.3. The Bertz CT molecular complexity index is 2550. The summed E-state index contributed by atoms with van der Waals surface area (Å²) < 4.78 is 6.25. The molecule has 2 heteroatoms. The summed E-state index contributed by atoms with van der Waals surface area (Å²) >= 11 is 0. The molecule has 0 unspecified atom stereocenters. The van der Waals surface area contributed by atoms with Crippen molar-refractivity contribution in [2.45, 2.75) is 0 Å². The van der Waals surface area contributed by atoms with Crippen molar-refractivity contribution in [3.05, 3.63) is 188 Å². The largest absolute Gasteiger partial charge is 0.456 e. The van der Waals surface area contributed by atoms with Gasteiger partial charge in [0.15, 0.2) is 0 Å². The lowest BCUT2D eigenvalue weighted by molar-refractivity contribution is 0.631. The molecular formula is C46H31NO. The van der Waals surface area contributed by atoms with Gasteiger partial charge >= 0.3 is 0 Å². The number of nitrogens with zero attached hydrogens (tertiary/aromatic N) is 1. The van der Waals surface area contributed by atoms with Gasteiger partial charge in [0, 0.05) is 27.6 Å². The molecule has 226 valence electrons. The van der Waals surface area contributed by atoms with Crippen LogP contribution < -0.4 is 4.90 Å². The van der Waals surface area contributed by atoms with Gasteiger partial charge in [-0.05, 0) is 75.3 Å². The molecule has 0 spiro atoms. The van der Waals surface area contributed by atoms with Gasteiger partial charge in [0.05, 0.1) is 11.4 Å². The second-order valence-corrected chi connectivity index (χ2v) is 12.2. The minimum atomic E-state index is 0.874. The summed E-state index contributed by atoms with van der Waals surface area (Å²) in [6, 6.07) is 67.0. The Hall–Kier alpha value is -6.38. The summed E-state index contributed by atoms with van der Waals surface area (Å²) in [4.78, 5) is 2.42. The van der Waals surface area contributed by atoms with Crippen LogP contribution in [0.15, 0.2) is 192 Å². The van der Waals surface area contributed by atoms with Gasteiger partial charge < -0.3 is 9.32 Å². The van der Waals surface area contributed by atoms with Crippen LogP contribution in [0.3, 0.4) is 0 Å². The van der Waals surface area contributed by atoms with Crippen LogP contribution in [0.4, 0.5) is 17.1 Å². The number of benzene rings is 8. The standard InChI is InChI=1S/C46H31NO/c1-2-14-33(15-3-1)40-20-9-10-23-43(40)47(38-26-25-32-13-4-5-16-34(32)30-38)44-28-27-39(41-21-7-8-22-42(41)44)35-18-12-19-36(29-35)46-31-37-17-6-11-24-45(37)48-46/h1-31H. The van der Waals surface area contributed by atoms with Gasteiger partial charge in [-0.3, -0.25) is 0 Å². The molecule has 0 bridgehead atoms. The van der Waals surface area contributed by atoms with Gasteiger partial charge in [0.2, 0.25) is 0 Å². The lowest BCUT2D eigenvalue weighted by Gasteiger charge is -2.30. The molecule has 9 aromatic rings. The highest BCUT2D eigenvalue weighted by molar-refractivity contribution is 6.08. The summed E-state index contributed by atoms with van der Waals surface area (Å²) in [5.74, 6) is 0.874. The van der Waals surface area contributed by atoms with Crippen molar-refractivity contribution in [1.82, 2.24) is 0 Å². The summed E-state index contributed by atoms with van der Waals surface area (Å²) in [5, 5.41) is 5.92. The Balaban J connectivity index is 1.24. The Morgan fingerprint density at radius 1 is 0.354 bits per heavy atom. The first kappa shape index (κ1) is 27.9. The summed E-state index contributed by atoms with van der Waals surface area (Å²) in [7, 11) is 0. The van der Waals surface area contributed by atoms with Crippen LogP contribution in [-0.2, 0) is 0 Å². The summed E-state index contributed by atoms with van der Waals surface area (Å²) in [6.45, 7) is 0. The van der Waals surface area contributed by atoms with Crippen molar-refractivity contribution < 1.29 is 4.42 Å². The molecule has 0 amide bonds. The van der Waals surface area contributed by atoms with E-state index >= 15 is 0 Å². The van der Waals surface area contributed by atoms with Gasteiger partial charge in [-0.15, -0.1) is 0 Å². The molecule has 2 nitrogen and oxygen atoms in total. The molecule has 0 N–H and O–H groups in total. The first-order valence-electron chi connectivity index (χ1n) is 16.3. The second-order valence-electron chi connectivity index (χ2n) is 12.2. The predicted molar refractivity (Wildman–Crippen MR) is 202 cm³/mol. The fourth-order valence-corrected chi connectivity index (χ4v) is 6.95. The van der Waals surface area contributed by atoms with Gasteiger partial charge in [0.25, 0.3) is 0 Å². The van der Waals surface area contributed by atoms with E-state index in [2.05, 4.69) is 175 Å². The molecule has 48 heavy (non-hydrogen) atoms. The average Bonchev–Trinajstić information content (AvgIpc) is 3.60. The Labute approximate surface area is 279 Å². The fourth-order valence-electron chi connectivity index (χ4n) is 6.95. The highest BCUT2D eigenvalue weighted by Crippen LogP contribution is 2.46. The van der Waals surface area contributed by atoms with Crippen LogP contribution in [0.1, 0.15) is 0 Å². The van der Waals surface area contributed by atoms with Crippen LogP contribution in [-0.4, -0.2) is 0 Å². The van der Waals surface area contributed by atoms with E-state index in [9.17, 15) is 0 Å². The molecule has 8 aromatic carbocycles. The van der Waals surface area contributed by atoms with E-state index in [1.54, 1.807) is 0 Å². The van der Waals surface area contributed by atoms with Gasteiger partial charge in [-0.1, -0.05) is 146 Å². The van der Waals surface area contributed by atoms with Crippen molar-refractivity contribution in [1.29, 1.82) is 0 Å². The van der Waals surface area contributed by atoms with Crippen molar-refractivity contribution in [3.63, 3.8) is 0 Å². The topological polar surface area (TPSA) is 16.4 Å². The van der Waals surface area contributed by atoms with E-state index in [0.717, 1.165) is 44.9 Å². The maximum Gasteiger partial charge on any atom is 0.135 e. The number of para-hydroxylation sites is 2. The average molecular weight is 614 g/mol. The van der Waals surface area contributed by atoms with E-state index in [1.807, 2.05) is 18.2 Å². The van der Waals surface area contributed by atoms with E-state index < -0.39 is 0 Å². The molecule has 0 aliphatic carbocycles. The number of furan rings is 1. The third-order valence-corrected chi connectivity index (χ3v) is 9.25. The first-order valence-corrected chi connectivity index (χ1v) is 16.3. The predicted octanol–water partition coefficient (Wildman–Crippen LogP) is 13.2. The van der Waals surface area contributed by atoms with Gasteiger partial charge in [-0.2, -0.15) is 0 Å². The molecule has 0 aliphatic heterocycles. The van der Waals surface area contributed by atoms with E-state index in [-0.39, 0.29) is 0 Å². The van der Waals surface area contributed by atoms with Crippen molar-refractivity contribution in [2.24, 2.45) is 0 Å². The van der Waals surface area contributed by atoms with Crippen LogP contribution in [0.5, 0.6) is 0 Å². The van der Waals surface area contributed by atoms with Crippen LogP contribution >= 0.6 is 0 Å². The normalized spacial score (nSPS) is 11.3. The van der Waals surface area contributed by atoms with E-state index in [1.165, 1.54) is 38.2 Å². The van der Waals surface area contributed by atoms with Crippen LogP contribution in [0, 0.1) is 0 Å². The lowest BCUT2D eigenvalue weighted by atomic mass is 9.94. The zero-order valence-electron chi connectivity index (χ0n) is 26.3. The molecule has 1 heterocycles. The molecule has 0 saturated carbocycles. The highest BCUT2D eigenvalue weighted by Gasteiger charge is 2.21. The fraction of sp³-hybridized carbons (Fsp3) is 0. The smallest absolute Gasteiger partial charge is 0.135 e. The molecule has 0 fully saturated rings. The minimum Gasteiger partial charge on any atom is -0.456 e. The molecular weight excluding hydrogens is 583 g/mol. The third kappa shape index (κ3) is 4.92. The van der Waals surface area contributed by atoms with E-state index in [4.69, 9.17) is 4.42 Å².